The van der Waals surface area contributed by atoms with Crippen LogP contribution in [-0.4, -0.2) is 4.98 Å². The smallest absolute Gasteiger partial charge is 0.0841 e. The number of aromatic nitrogens is 1. The zero-order chi connectivity index (χ0) is 12.4. The highest BCUT2D eigenvalue weighted by Gasteiger charge is 2.15. The number of benzene rings is 1. The largest absolute Gasteiger partial charge is 0.265 e. The summed E-state index contributed by atoms with van der Waals surface area (Å²) in [5, 5.41) is -0.0985. The van der Waals surface area contributed by atoms with E-state index in [1.807, 2.05) is 12.1 Å². The molecule has 2 heteroatoms. The second-order valence-electron chi connectivity index (χ2n) is 4.46. The van der Waals surface area contributed by atoms with Gasteiger partial charge in [0.2, 0.25) is 0 Å². The fourth-order valence-electron chi connectivity index (χ4n) is 2.29. The van der Waals surface area contributed by atoms with Crippen LogP contribution >= 0.6 is 11.6 Å². The Bertz CT molecular complexity index is 497. The van der Waals surface area contributed by atoms with Crippen LogP contribution in [0.25, 0.3) is 0 Å². The fraction of sp³-hybridized carbons (Fsp3) is 0.267. The number of aryl methyl sites for hydroxylation is 3. The predicted molar refractivity (Wildman–Crippen MR) is 72.6 cm³/mol. The standard InChI is InChI=1S/C15H16ClN/c1-10-8-11(2)14(12(3)9-10)15(16)13-4-6-17-7-5-13/h4-9,15H,1-3H3. The first-order valence-corrected chi connectivity index (χ1v) is 6.15. The number of hydrogen-bond donors (Lipinski definition) is 0. The van der Waals surface area contributed by atoms with Gasteiger partial charge in [0.25, 0.3) is 0 Å². The monoisotopic (exact) mass is 245 g/mol. The molecule has 1 aromatic carbocycles. The third-order valence-electron chi connectivity index (χ3n) is 2.99. The summed E-state index contributed by atoms with van der Waals surface area (Å²) in [6.45, 7) is 6.34. The SMILES string of the molecule is Cc1cc(C)c(C(Cl)c2ccncc2)c(C)c1. The summed E-state index contributed by atoms with van der Waals surface area (Å²) in [7, 11) is 0. The molecular weight excluding hydrogens is 230 g/mol. The Hall–Kier alpha value is -1.34. The van der Waals surface area contributed by atoms with E-state index >= 15 is 0 Å². The van der Waals surface area contributed by atoms with Crippen LogP contribution in [0.1, 0.15) is 33.2 Å². The normalized spacial score (nSPS) is 12.5. The highest BCUT2D eigenvalue weighted by molar-refractivity contribution is 6.22. The molecule has 0 radical (unpaired) electrons. The van der Waals surface area contributed by atoms with Crippen molar-refractivity contribution in [3.8, 4) is 0 Å². The molecule has 1 heterocycles. The summed E-state index contributed by atoms with van der Waals surface area (Å²) in [5.74, 6) is 0. The first-order valence-electron chi connectivity index (χ1n) is 5.71. The molecule has 0 amide bonds. The van der Waals surface area contributed by atoms with Gasteiger partial charge in [-0.2, -0.15) is 0 Å². The summed E-state index contributed by atoms with van der Waals surface area (Å²) >= 11 is 6.57. The van der Waals surface area contributed by atoms with Crippen LogP contribution < -0.4 is 0 Å². The molecule has 0 fully saturated rings. The molecule has 0 saturated heterocycles. The van der Waals surface area contributed by atoms with Gasteiger partial charge in [-0.05, 0) is 55.2 Å². The van der Waals surface area contributed by atoms with Crippen molar-refractivity contribution >= 4 is 11.6 Å². The van der Waals surface area contributed by atoms with Crippen molar-refractivity contribution < 1.29 is 0 Å². The minimum atomic E-state index is -0.0985. The molecule has 0 aliphatic rings. The summed E-state index contributed by atoms with van der Waals surface area (Å²) in [6.07, 6.45) is 3.56. The van der Waals surface area contributed by atoms with E-state index in [4.69, 9.17) is 11.6 Å². The molecule has 0 N–H and O–H groups in total. The number of halogens is 1. The Morgan fingerprint density at radius 3 is 2.06 bits per heavy atom. The van der Waals surface area contributed by atoms with E-state index in [9.17, 15) is 0 Å². The molecule has 0 bridgehead atoms. The van der Waals surface area contributed by atoms with Gasteiger partial charge >= 0.3 is 0 Å². The first-order chi connectivity index (χ1) is 8.09. The zero-order valence-electron chi connectivity index (χ0n) is 10.4. The molecule has 0 spiro atoms. The molecule has 0 saturated carbocycles. The molecule has 1 unspecified atom stereocenters. The molecule has 1 nitrogen and oxygen atoms in total. The van der Waals surface area contributed by atoms with Gasteiger partial charge in [-0.3, -0.25) is 4.98 Å². The summed E-state index contributed by atoms with van der Waals surface area (Å²) in [6, 6.07) is 8.30. The van der Waals surface area contributed by atoms with Crippen molar-refractivity contribution in [2.45, 2.75) is 26.1 Å². The maximum absolute atomic E-state index is 6.57. The number of rotatable bonds is 2. The number of hydrogen-bond acceptors (Lipinski definition) is 1. The van der Waals surface area contributed by atoms with Crippen LogP contribution in [0.3, 0.4) is 0 Å². The van der Waals surface area contributed by atoms with E-state index in [2.05, 4.69) is 37.9 Å². The van der Waals surface area contributed by atoms with Crippen LogP contribution in [-0.2, 0) is 0 Å². The number of pyridine rings is 1. The van der Waals surface area contributed by atoms with Crippen molar-refractivity contribution in [2.75, 3.05) is 0 Å². The van der Waals surface area contributed by atoms with Crippen molar-refractivity contribution in [3.05, 3.63) is 64.5 Å². The molecule has 0 aliphatic carbocycles. The van der Waals surface area contributed by atoms with Gasteiger partial charge in [-0.25, -0.2) is 0 Å². The number of nitrogens with zero attached hydrogens (tertiary/aromatic N) is 1. The van der Waals surface area contributed by atoms with Gasteiger partial charge < -0.3 is 0 Å². The lowest BCUT2D eigenvalue weighted by Crippen LogP contribution is -2.00. The molecule has 1 aromatic heterocycles. The van der Waals surface area contributed by atoms with Crippen molar-refractivity contribution in [1.82, 2.24) is 4.98 Å². The van der Waals surface area contributed by atoms with Gasteiger partial charge in [0.15, 0.2) is 0 Å². The highest BCUT2D eigenvalue weighted by Crippen LogP contribution is 2.33. The Morgan fingerprint density at radius 2 is 1.53 bits per heavy atom. The van der Waals surface area contributed by atoms with Gasteiger partial charge in [0.05, 0.1) is 5.38 Å². The van der Waals surface area contributed by atoms with E-state index in [0.717, 1.165) is 5.56 Å². The van der Waals surface area contributed by atoms with Gasteiger partial charge in [-0.15, -0.1) is 11.6 Å². The van der Waals surface area contributed by atoms with Gasteiger partial charge in [-0.1, -0.05) is 17.7 Å². The van der Waals surface area contributed by atoms with Gasteiger partial charge in [0, 0.05) is 12.4 Å². The Kier molecular flexibility index (Phi) is 3.49. The molecule has 88 valence electrons. The summed E-state index contributed by atoms with van der Waals surface area (Å²) in [4.78, 5) is 4.02. The third-order valence-corrected chi connectivity index (χ3v) is 3.46. The van der Waals surface area contributed by atoms with Crippen molar-refractivity contribution in [3.63, 3.8) is 0 Å². The van der Waals surface area contributed by atoms with E-state index in [0.29, 0.717) is 0 Å². The lowest BCUT2D eigenvalue weighted by Gasteiger charge is -2.17. The zero-order valence-corrected chi connectivity index (χ0v) is 11.1. The molecule has 2 rings (SSSR count). The Labute approximate surface area is 107 Å². The minimum Gasteiger partial charge on any atom is -0.265 e. The molecular formula is C15H16ClN. The van der Waals surface area contributed by atoms with E-state index in [1.54, 1.807) is 12.4 Å². The topological polar surface area (TPSA) is 12.9 Å². The molecule has 2 aromatic rings. The molecule has 1 atom stereocenters. The minimum absolute atomic E-state index is 0.0985. The average Bonchev–Trinajstić information content (AvgIpc) is 2.28. The first kappa shape index (κ1) is 12.1. The van der Waals surface area contributed by atoms with E-state index in [1.165, 1.54) is 22.3 Å². The molecule has 0 aliphatic heterocycles. The maximum atomic E-state index is 6.57. The maximum Gasteiger partial charge on any atom is 0.0841 e. The Balaban J connectivity index is 2.48. The summed E-state index contributed by atoms with van der Waals surface area (Å²) in [5.41, 5.74) is 6.08. The van der Waals surface area contributed by atoms with E-state index in [-0.39, 0.29) is 5.38 Å². The van der Waals surface area contributed by atoms with Crippen LogP contribution in [0.5, 0.6) is 0 Å². The third kappa shape index (κ3) is 2.50. The summed E-state index contributed by atoms with van der Waals surface area (Å²) < 4.78 is 0. The van der Waals surface area contributed by atoms with Gasteiger partial charge in [0.1, 0.15) is 0 Å². The highest BCUT2D eigenvalue weighted by atomic mass is 35.5. The van der Waals surface area contributed by atoms with Crippen LogP contribution in [0.15, 0.2) is 36.7 Å². The Morgan fingerprint density at radius 1 is 1.00 bits per heavy atom. The van der Waals surface area contributed by atoms with Crippen LogP contribution in [0.4, 0.5) is 0 Å². The second kappa shape index (κ2) is 4.89. The quantitative estimate of drug-likeness (QED) is 0.718. The fourth-order valence-corrected chi connectivity index (χ4v) is 2.78. The van der Waals surface area contributed by atoms with E-state index < -0.39 is 0 Å². The molecule has 17 heavy (non-hydrogen) atoms. The average molecular weight is 246 g/mol. The lowest BCUT2D eigenvalue weighted by molar-refractivity contribution is 1.06. The number of alkyl halides is 1. The van der Waals surface area contributed by atoms with Crippen molar-refractivity contribution in [2.24, 2.45) is 0 Å². The van der Waals surface area contributed by atoms with Crippen molar-refractivity contribution in [1.29, 1.82) is 0 Å². The van der Waals surface area contributed by atoms with Crippen LogP contribution in [0.2, 0.25) is 0 Å². The predicted octanol–water partition coefficient (Wildman–Crippen LogP) is 4.34. The van der Waals surface area contributed by atoms with Crippen LogP contribution in [0, 0.1) is 20.8 Å². The lowest BCUT2D eigenvalue weighted by atomic mass is 9.94. The second-order valence-corrected chi connectivity index (χ2v) is 4.89.